The molecule has 2 aromatic rings. The van der Waals surface area contributed by atoms with Crippen molar-refractivity contribution in [3.05, 3.63) is 59.0 Å². The number of nitrogens with zero attached hydrogens (tertiary/aromatic N) is 1. The Hall–Kier alpha value is -1.78. The summed E-state index contributed by atoms with van der Waals surface area (Å²) in [5, 5.41) is 3.82. The van der Waals surface area contributed by atoms with Crippen LogP contribution in [0, 0.1) is 0 Å². The molecule has 0 spiro atoms. The van der Waals surface area contributed by atoms with Gasteiger partial charge in [0.15, 0.2) is 0 Å². The van der Waals surface area contributed by atoms with Gasteiger partial charge in [-0.1, -0.05) is 23.7 Å². The molecule has 0 bridgehead atoms. The minimum Gasteiger partial charge on any atom is -0.468 e. The molecule has 1 N–H and O–H groups in total. The number of halogens is 1. The Balaban J connectivity index is 1.44. The molecular weight excluding hydrogens is 336 g/mol. The van der Waals surface area contributed by atoms with E-state index in [0.29, 0.717) is 13.0 Å². The highest BCUT2D eigenvalue weighted by Crippen LogP contribution is 2.24. The highest BCUT2D eigenvalue weighted by molar-refractivity contribution is 6.30. The van der Waals surface area contributed by atoms with Crippen molar-refractivity contribution in [2.45, 2.75) is 38.1 Å². The summed E-state index contributed by atoms with van der Waals surface area (Å²) in [5.74, 6) is 1.04. The first-order valence-electron chi connectivity index (χ1n) is 9.01. The molecule has 25 heavy (non-hydrogen) atoms. The first-order chi connectivity index (χ1) is 12.2. The van der Waals surface area contributed by atoms with Crippen molar-refractivity contribution in [3.8, 4) is 0 Å². The molecule has 0 radical (unpaired) electrons. The Morgan fingerprint density at radius 1 is 1.20 bits per heavy atom. The molecule has 1 aliphatic heterocycles. The van der Waals surface area contributed by atoms with Crippen LogP contribution in [0.2, 0.25) is 5.02 Å². The van der Waals surface area contributed by atoms with Crippen molar-refractivity contribution < 1.29 is 9.21 Å². The van der Waals surface area contributed by atoms with E-state index in [4.69, 9.17) is 16.0 Å². The fourth-order valence-electron chi connectivity index (χ4n) is 3.35. The van der Waals surface area contributed by atoms with Gasteiger partial charge in [0, 0.05) is 18.0 Å². The number of benzene rings is 1. The Bertz CT molecular complexity index is 649. The van der Waals surface area contributed by atoms with Gasteiger partial charge in [-0.2, -0.15) is 0 Å². The quantitative estimate of drug-likeness (QED) is 0.767. The number of amides is 1. The van der Waals surface area contributed by atoms with Crippen LogP contribution >= 0.6 is 11.6 Å². The smallest absolute Gasteiger partial charge is 0.220 e. The molecule has 4 nitrogen and oxygen atoms in total. The molecule has 1 aliphatic rings. The number of furan rings is 1. The van der Waals surface area contributed by atoms with Gasteiger partial charge in [0.25, 0.3) is 0 Å². The van der Waals surface area contributed by atoms with E-state index in [1.54, 1.807) is 6.26 Å². The van der Waals surface area contributed by atoms with Crippen LogP contribution in [0.4, 0.5) is 0 Å². The molecule has 134 valence electrons. The van der Waals surface area contributed by atoms with Crippen LogP contribution in [-0.4, -0.2) is 30.4 Å². The number of aryl methyl sites for hydroxylation is 1. The number of likely N-dealkylation sites (tertiary alicyclic amines) is 1. The number of carbonyl (C=O) groups is 1. The standard InChI is InChI=1S/C20H25ClN2O2/c21-17-10-8-16(9-11-17)5-3-7-20(24)22-15-18(19-6-4-14-25-19)23-12-1-2-13-23/h4,6,8-11,14,18H,1-3,5,7,12-13,15H2,(H,22,24). The van der Waals surface area contributed by atoms with Gasteiger partial charge in [0.05, 0.1) is 12.3 Å². The second-order valence-corrected chi connectivity index (χ2v) is 6.99. The summed E-state index contributed by atoms with van der Waals surface area (Å²) in [6, 6.07) is 11.9. The Morgan fingerprint density at radius 3 is 2.64 bits per heavy atom. The third kappa shape index (κ3) is 5.35. The summed E-state index contributed by atoms with van der Waals surface area (Å²) in [6.07, 6.45) is 6.39. The molecule has 1 amide bonds. The zero-order chi connectivity index (χ0) is 17.5. The first-order valence-corrected chi connectivity index (χ1v) is 9.39. The molecule has 1 fully saturated rings. The van der Waals surface area contributed by atoms with Crippen LogP contribution in [0.25, 0.3) is 0 Å². The molecule has 1 aromatic heterocycles. The fraction of sp³-hybridized carbons (Fsp3) is 0.450. The largest absolute Gasteiger partial charge is 0.468 e. The summed E-state index contributed by atoms with van der Waals surface area (Å²) in [6.45, 7) is 2.74. The zero-order valence-corrected chi connectivity index (χ0v) is 15.2. The lowest BCUT2D eigenvalue weighted by molar-refractivity contribution is -0.121. The van der Waals surface area contributed by atoms with Gasteiger partial charge in [-0.3, -0.25) is 9.69 Å². The summed E-state index contributed by atoms with van der Waals surface area (Å²) in [4.78, 5) is 14.6. The normalized spacial score (nSPS) is 16.0. The van der Waals surface area contributed by atoms with Crippen LogP contribution in [-0.2, 0) is 11.2 Å². The maximum atomic E-state index is 12.2. The number of hydrogen-bond donors (Lipinski definition) is 1. The number of hydrogen-bond acceptors (Lipinski definition) is 3. The van der Waals surface area contributed by atoms with Gasteiger partial charge in [0.1, 0.15) is 5.76 Å². The minimum atomic E-state index is 0.102. The molecule has 3 rings (SSSR count). The highest BCUT2D eigenvalue weighted by atomic mass is 35.5. The zero-order valence-electron chi connectivity index (χ0n) is 14.4. The predicted octanol–water partition coefficient (Wildman–Crippen LogP) is 4.21. The van der Waals surface area contributed by atoms with Crippen molar-refractivity contribution >= 4 is 17.5 Å². The van der Waals surface area contributed by atoms with E-state index < -0.39 is 0 Å². The van der Waals surface area contributed by atoms with Crippen molar-refractivity contribution in [3.63, 3.8) is 0 Å². The van der Waals surface area contributed by atoms with E-state index in [1.165, 1.54) is 18.4 Å². The molecule has 0 aliphatic carbocycles. The maximum Gasteiger partial charge on any atom is 0.220 e. The molecule has 1 aromatic carbocycles. The minimum absolute atomic E-state index is 0.102. The summed E-state index contributed by atoms with van der Waals surface area (Å²) >= 11 is 5.89. The average molecular weight is 361 g/mol. The molecule has 2 heterocycles. The molecule has 1 unspecified atom stereocenters. The molecule has 0 saturated carbocycles. The van der Waals surface area contributed by atoms with Crippen molar-refractivity contribution in [2.75, 3.05) is 19.6 Å². The average Bonchev–Trinajstić information content (AvgIpc) is 3.31. The van der Waals surface area contributed by atoms with Crippen molar-refractivity contribution in [1.29, 1.82) is 0 Å². The van der Waals surface area contributed by atoms with Crippen LogP contribution in [0.15, 0.2) is 47.1 Å². The molecular formula is C20H25ClN2O2. The second-order valence-electron chi connectivity index (χ2n) is 6.56. The summed E-state index contributed by atoms with van der Waals surface area (Å²) in [7, 11) is 0. The van der Waals surface area contributed by atoms with E-state index in [9.17, 15) is 4.79 Å². The van der Waals surface area contributed by atoms with E-state index in [0.717, 1.165) is 36.7 Å². The third-order valence-electron chi connectivity index (χ3n) is 4.73. The monoisotopic (exact) mass is 360 g/mol. The predicted molar refractivity (Wildman–Crippen MR) is 99.7 cm³/mol. The molecule has 1 saturated heterocycles. The lowest BCUT2D eigenvalue weighted by Gasteiger charge is -2.26. The fourth-order valence-corrected chi connectivity index (χ4v) is 3.47. The summed E-state index contributed by atoms with van der Waals surface area (Å²) in [5.41, 5.74) is 1.21. The lowest BCUT2D eigenvalue weighted by Crippen LogP contribution is -2.36. The van der Waals surface area contributed by atoms with Crippen LogP contribution < -0.4 is 5.32 Å². The maximum absolute atomic E-state index is 12.2. The second kappa shape index (κ2) is 9.07. The Kier molecular flexibility index (Phi) is 6.54. The van der Waals surface area contributed by atoms with Gasteiger partial charge < -0.3 is 9.73 Å². The molecule has 5 heteroatoms. The number of carbonyl (C=O) groups excluding carboxylic acids is 1. The van der Waals surface area contributed by atoms with Gasteiger partial charge in [-0.05, 0) is 68.6 Å². The van der Waals surface area contributed by atoms with Crippen LogP contribution in [0.1, 0.15) is 43.0 Å². The highest BCUT2D eigenvalue weighted by Gasteiger charge is 2.25. The Morgan fingerprint density at radius 2 is 1.96 bits per heavy atom. The van der Waals surface area contributed by atoms with E-state index in [1.807, 2.05) is 36.4 Å². The van der Waals surface area contributed by atoms with E-state index >= 15 is 0 Å². The van der Waals surface area contributed by atoms with Crippen molar-refractivity contribution in [2.24, 2.45) is 0 Å². The topological polar surface area (TPSA) is 45.5 Å². The van der Waals surface area contributed by atoms with Gasteiger partial charge >= 0.3 is 0 Å². The van der Waals surface area contributed by atoms with Gasteiger partial charge in [-0.15, -0.1) is 0 Å². The van der Waals surface area contributed by atoms with E-state index in [-0.39, 0.29) is 11.9 Å². The third-order valence-corrected chi connectivity index (χ3v) is 4.98. The summed E-state index contributed by atoms with van der Waals surface area (Å²) < 4.78 is 5.59. The van der Waals surface area contributed by atoms with Crippen molar-refractivity contribution in [1.82, 2.24) is 10.2 Å². The number of nitrogens with one attached hydrogen (secondary N) is 1. The first kappa shape index (κ1) is 18.0. The van der Waals surface area contributed by atoms with Gasteiger partial charge in [-0.25, -0.2) is 0 Å². The number of rotatable bonds is 8. The van der Waals surface area contributed by atoms with Crippen LogP contribution in [0.3, 0.4) is 0 Å². The Labute approximate surface area is 154 Å². The SMILES string of the molecule is O=C(CCCc1ccc(Cl)cc1)NCC(c1ccco1)N1CCCC1. The lowest BCUT2D eigenvalue weighted by atomic mass is 10.1. The molecule has 1 atom stereocenters. The van der Waals surface area contributed by atoms with Gasteiger partial charge in [0.2, 0.25) is 5.91 Å². The van der Waals surface area contributed by atoms with E-state index in [2.05, 4.69) is 10.2 Å². The van der Waals surface area contributed by atoms with Crippen LogP contribution in [0.5, 0.6) is 0 Å².